The average molecular weight is 468 g/mol. The van der Waals surface area contributed by atoms with Crippen molar-refractivity contribution in [3.8, 4) is 0 Å². The third-order valence-electron chi connectivity index (χ3n) is 4.70. The third kappa shape index (κ3) is 6.20. The summed E-state index contributed by atoms with van der Waals surface area (Å²) in [6.07, 6.45) is 3.35. The molecular formula is C24H26ClN5O3. The largest absolute Gasteiger partial charge is 0.458 e. The number of hydrogen-bond donors (Lipinski definition) is 3. The number of aromatic nitrogens is 1. The van der Waals surface area contributed by atoms with E-state index in [1.165, 1.54) is 6.20 Å². The van der Waals surface area contributed by atoms with Crippen LogP contribution in [-0.2, 0) is 16.0 Å². The van der Waals surface area contributed by atoms with E-state index >= 15 is 0 Å². The van der Waals surface area contributed by atoms with Crippen molar-refractivity contribution in [3.05, 3.63) is 72.1 Å². The number of nitrogens with zero attached hydrogens (tertiary/aromatic N) is 2. The summed E-state index contributed by atoms with van der Waals surface area (Å²) in [4.78, 5) is 30.0. The lowest BCUT2D eigenvalue weighted by molar-refractivity contribution is -0.157. The Morgan fingerprint density at radius 1 is 1.18 bits per heavy atom. The number of ether oxygens (including phenoxy) is 1. The second kappa shape index (κ2) is 9.87. The first-order chi connectivity index (χ1) is 15.5. The first-order valence-corrected chi connectivity index (χ1v) is 10.6. The fraction of sp³-hybridized carbons (Fsp3) is 0.250. The molecular weight excluding hydrogens is 442 g/mol. The van der Waals surface area contributed by atoms with Gasteiger partial charge in [0, 0.05) is 40.7 Å². The summed E-state index contributed by atoms with van der Waals surface area (Å²) < 4.78 is 6.51. The summed E-state index contributed by atoms with van der Waals surface area (Å²) in [6.45, 7) is 5.34. The van der Waals surface area contributed by atoms with Crippen molar-refractivity contribution in [2.24, 2.45) is 5.73 Å². The van der Waals surface area contributed by atoms with E-state index < -0.39 is 23.5 Å². The molecule has 1 amide bonds. The Hall–Kier alpha value is -3.65. The minimum atomic E-state index is -0.865. The van der Waals surface area contributed by atoms with Crippen molar-refractivity contribution in [3.63, 3.8) is 0 Å². The number of nitrogens with one attached hydrogen (secondary N) is 2. The van der Waals surface area contributed by atoms with Crippen molar-refractivity contribution in [1.82, 2.24) is 10.3 Å². The first-order valence-electron chi connectivity index (χ1n) is 10.3. The lowest BCUT2D eigenvalue weighted by Gasteiger charge is -2.25. The van der Waals surface area contributed by atoms with Gasteiger partial charge in [0.15, 0.2) is 0 Å². The van der Waals surface area contributed by atoms with Crippen molar-refractivity contribution in [2.45, 2.75) is 38.8 Å². The van der Waals surface area contributed by atoms with Crippen LogP contribution in [0, 0.1) is 5.41 Å². The SMILES string of the molecule is CC(C)(C)OC(=O)[C@H](Cc1ccccc1)NC(=O)c1ccc2c(N(Cl)C(=N)N)cncc2c1. The second-order valence-electron chi connectivity index (χ2n) is 8.51. The Kier molecular flexibility index (Phi) is 7.18. The zero-order chi connectivity index (χ0) is 24.2. The topological polar surface area (TPSA) is 121 Å². The smallest absolute Gasteiger partial charge is 0.329 e. The quantitative estimate of drug-likeness (QED) is 0.219. The van der Waals surface area contributed by atoms with Crippen LogP contribution in [0.2, 0.25) is 0 Å². The number of carbonyl (C=O) groups excluding carboxylic acids is 2. The number of benzene rings is 2. The van der Waals surface area contributed by atoms with E-state index in [2.05, 4.69) is 10.3 Å². The molecule has 0 spiro atoms. The summed E-state index contributed by atoms with van der Waals surface area (Å²) >= 11 is 6.07. The minimum absolute atomic E-state index is 0.292. The highest BCUT2D eigenvalue weighted by Gasteiger charge is 2.27. The summed E-state index contributed by atoms with van der Waals surface area (Å²) in [6, 6.07) is 13.5. The van der Waals surface area contributed by atoms with E-state index in [4.69, 9.17) is 27.7 Å². The molecule has 3 aromatic rings. The first kappa shape index (κ1) is 24.0. The van der Waals surface area contributed by atoms with Gasteiger partial charge in [-0.2, -0.15) is 0 Å². The highest BCUT2D eigenvalue weighted by atomic mass is 35.5. The van der Waals surface area contributed by atoms with Crippen molar-refractivity contribution in [1.29, 1.82) is 5.41 Å². The summed E-state index contributed by atoms with van der Waals surface area (Å²) in [5.74, 6) is -1.29. The second-order valence-corrected chi connectivity index (χ2v) is 8.85. The molecule has 172 valence electrons. The maximum atomic E-state index is 13.1. The van der Waals surface area contributed by atoms with Gasteiger partial charge in [-0.3, -0.25) is 15.2 Å². The molecule has 0 bridgehead atoms. The molecule has 1 aromatic heterocycles. The number of rotatable bonds is 6. The van der Waals surface area contributed by atoms with E-state index in [1.54, 1.807) is 45.2 Å². The van der Waals surface area contributed by atoms with Crippen LogP contribution in [0.4, 0.5) is 5.69 Å². The number of nitrogens with two attached hydrogens (primary N) is 1. The number of carbonyl (C=O) groups is 2. The monoisotopic (exact) mass is 467 g/mol. The zero-order valence-corrected chi connectivity index (χ0v) is 19.4. The number of hydrogen-bond acceptors (Lipinski definition) is 5. The van der Waals surface area contributed by atoms with Crippen molar-refractivity contribution in [2.75, 3.05) is 4.42 Å². The van der Waals surface area contributed by atoms with E-state index in [0.717, 1.165) is 9.98 Å². The van der Waals surface area contributed by atoms with Crippen LogP contribution in [0.1, 0.15) is 36.7 Å². The fourth-order valence-corrected chi connectivity index (χ4v) is 3.38. The summed E-state index contributed by atoms with van der Waals surface area (Å²) in [5, 5.41) is 11.6. The van der Waals surface area contributed by atoms with Crippen LogP contribution in [0.25, 0.3) is 10.8 Å². The van der Waals surface area contributed by atoms with Gasteiger partial charge >= 0.3 is 5.97 Å². The van der Waals surface area contributed by atoms with Crippen LogP contribution in [0.3, 0.4) is 0 Å². The highest BCUT2D eigenvalue weighted by molar-refractivity contribution is 6.38. The summed E-state index contributed by atoms with van der Waals surface area (Å²) in [7, 11) is 0. The molecule has 0 fully saturated rings. The van der Waals surface area contributed by atoms with Gasteiger partial charge in [0.25, 0.3) is 5.91 Å². The maximum Gasteiger partial charge on any atom is 0.329 e. The lowest BCUT2D eigenvalue weighted by Crippen LogP contribution is -2.45. The predicted octanol–water partition coefficient (Wildman–Crippen LogP) is 3.77. The molecule has 2 aromatic carbocycles. The average Bonchev–Trinajstić information content (AvgIpc) is 2.76. The minimum Gasteiger partial charge on any atom is -0.458 e. The number of pyridine rings is 1. The van der Waals surface area contributed by atoms with Crippen LogP contribution in [-0.4, -0.2) is 34.5 Å². The Morgan fingerprint density at radius 2 is 1.88 bits per heavy atom. The number of esters is 1. The third-order valence-corrected chi connectivity index (χ3v) is 5.07. The van der Waals surface area contributed by atoms with E-state index in [-0.39, 0.29) is 5.96 Å². The van der Waals surface area contributed by atoms with Gasteiger partial charge in [-0.15, -0.1) is 0 Å². The van der Waals surface area contributed by atoms with E-state index in [9.17, 15) is 9.59 Å². The molecule has 1 atom stereocenters. The van der Waals surface area contributed by atoms with Gasteiger partial charge in [0.2, 0.25) is 5.96 Å². The number of guanidine groups is 1. The van der Waals surface area contributed by atoms with Crippen LogP contribution in [0.5, 0.6) is 0 Å². The van der Waals surface area contributed by atoms with E-state index in [1.807, 2.05) is 30.3 Å². The van der Waals surface area contributed by atoms with Gasteiger partial charge in [-0.05, 0) is 38.5 Å². The van der Waals surface area contributed by atoms with E-state index in [0.29, 0.717) is 28.4 Å². The van der Waals surface area contributed by atoms with Gasteiger partial charge in [0.05, 0.1) is 11.9 Å². The van der Waals surface area contributed by atoms with Gasteiger partial charge in [-0.25, -0.2) is 9.21 Å². The Labute approximate surface area is 197 Å². The molecule has 8 nitrogen and oxygen atoms in total. The molecule has 0 aliphatic heterocycles. The molecule has 9 heteroatoms. The predicted molar refractivity (Wildman–Crippen MR) is 129 cm³/mol. The Balaban J connectivity index is 1.87. The fourth-order valence-electron chi connectivity index (χ4n) is 3.25. The molecule has 33 heavy (non-hydrogen) atoms. The summed E-state index contributed by atoms with van der Waals surface area (Å²) in [5.41, 5.74) is 6.44. The Bertz CT molecular complexity index is 1180. The number of amides is 1. The maximum absolute atomic E-state index is 13.1. The lowest BCUT2D eigenvalue weighted by atomic mass is 10.0. The zero-order valence-electron chi connectivity index (χ0n) is 18.6. The van der Waals surface area contributed by atoms with Crippen molar-refractivity contribution >= 4 is 46.1 Å². The molecule has 0 unspecified atom stereocenters. The molecule has 0 aliphatic rings. The standard InChI is InChI=1S/C24H26ClN5O3/c1-24(2,3)33-22(32)19(11-15-7-5-4-6-8-15)29-21(31)16-9-10-18-17(12-16)13-28-14-20(18)30(25)23(26)27/h4-10,12-14,19H,11H2,1-3H3,(H3,26,27)(H,29,31)/t19-/m0/s1. The van der Waals surface area contributed by atoms with Gasteiger partial charge in [-0.1, -0.05) is 36.4 Å². The Morgan fingerprint density at radius 3 is 2.52 bits per heavy atom. The molecule has 3 rings (SSSR count). The van der Waals surface area contributed by atoms with Crippen LogP contribution < -0.4 is 15.5 Å². The molecule has 0 saturated heterocycles. The highest BCUT2D eigenvalue weighted by Crippen LogP contribution is 2.27. The molecule has 0 saturated carbocycles. The molecule has 4 N–H and O–H groups in total. The van der Waals surface area contributed by atoms with Crippen molar-refractivity contribution < 1.29 is 14.3 Å². The van der Waals surface area contributed by atoms with Gasteiger partial charge in [0.1, 0.15) is 11.6 Å². The number of fused-ring (bicyclic) bond motifs is 1. The van der Waals surface area contributed by atoms with Crippen LogP contribution in [0.15, 0.2) is 60.9 Å². The van der Waals surface area contributed by atoms with Gasteiger partial charge < -0.3 is 15.8 Å². The molecule has 0 aliphatic carbocycles. The normalized spacial score (nSPS) is 12.1. The molecule has 1 heterocycles. The number of halogens is 1. The number of anilines is 1. The van der Waals surface area contributed by atoms with Crippen LogP contribution >= 0.6 is 11.8 Å². The molecule has 0 radical (unpaired) electrons.